The molecule has 1 aromatic heterocycles. The molecular weight excluding hydrogens is 234 g/mol. The van der Waals surface area contributed by atoms with Crippen molar-refractivity contribution < 1.29 is 0 Å². The zero-order valence-corrected chi connectivity index (χ0v) is 12.0. The van der Waals surface area contributed by atoms with Crippen molar-refractivity contribution in [2.45, 2.75) is 70.8 Å². The zero-order valence-electron chi connectivity index (χ0n) is 12.0. The Labute approximate surface area is 116 Å². The van der Waals surface area contributed by atoms with E-state index in [-0.39, 0.29) is 0 Å². The van der Waals surface area contributed by atoms with Crippen LogP contribution in [0.3, 0.4) is 0 Å². The number of nitrogens with zero attached hydrogens (tertiary/aromatic N) is 2. The molecule has 104 valence electrons. The quantitative estimate of drug-likeness (QED) is 0.895. The van der Waals surface area contributed by atoms with E-state index < -0.39 is 0 Å². The predicted molar refractivity (Wildman–Crippen MR) is 78.3 cm³/mol. The van der Waals surface area contributed by atoms with E-state index in [0.717, 1.165) is 24.6 Å². The highest BCUT2D eigenvalue weighted by atomic mass is 15.0. The van der Waals surface area contributed by atoms with Gasteiger partial charge in [0, 0.05) is 17.3 Å². The van der Waals surface area contributed by atoms with Gasteiger partial charge in [-0.25, -0.2) is 9.97 Å². The molecule has 1 heterocycles. The van der Waals surface area contributed by atoms with Gasteiger partial charge < -0.3 is 5.32 Å². The van der Waals surface area contributed by atoms with Gasteiger partial charge in [-0.3, -0.25) is 0 Å². The van der Waals surface area contributed by atoms with Crippen molar-refractivity contribution >= 4 is 5.82 Å². The lowest BCUT2D eigenvalue weighted by Crippen LogP contribution is -2.31. The monoisotopic (exact) mass is 259 g/mol. The Morgan fingerprint density at radius 2 is 2.00 bits per heavy atom. The van der Waals surface area contributed by atoms with Gasteiger partial charge in [0.15, 0.2) is 0 Å². The third-order valence-electron chi connectivity index (χ3n) is 4.86. The number of fused-ring (bicyclic) bond motifs is 1. The first-order valence-electron chi connectivity index (χ1n) is 7.97. The molecule has 1 N–H and O–H groups in total. The topological polar surface area (TPSA) is 37.8 Å². The standard InChI is InChI=1S/C16H25N3/c1-2-14(12-7-4-3-5-8-12)19-16-13-9-6-10-15(13)17-11-18-16/h11-12,14H,2-10H2,1H3,(H,17,18,19). The third-order valence-corrected chi connectivity index (χ3v) is 4.86. The summed E-state index contributed by atoms with van der Waals surface area (Å²) in [5.41, 5.74) is 2.66. The van der Waals surface area contributed by atoms with Gasteiger partial charge in [-0.1, -0.05) is 26.2 Å². The lowest BCUT2D eigenvalue weighted by atomic mass is 9.83. The number of aromatic nitrogens is 2. The highest BCUT2D eigenvalue weighted by Crippen LogP contribution is 2.31. The molecule has 0 radical (unpaired) electrons. The predicted octanol–water partition coefficient (Wildman–Crippen LogP) is 3.74. The first-order chi connectivity index (χ1) is 9.38. The third kappa shape index (κ3) is 2.75. The van der Waals surface area contributed by atoms with Crippen molar-refractivity contribution in [2.75, 3.05) is 5.32 Å². The molecule has 2 aliphatic rings. The van der Waals surface area contributed by atoms with Crippen LogP contribution in [0.15, 0.2) is 6.33 Å². The lowest BCUT2D eigenvalue weighted by Gasteiger charge is -2.31. The number of hydrogen-bond acceptors (Lipinski definition) is 3. The summed E-state index contributed by atoms with van der Waals surface area (Å²) in [5, 5.41) is 3.75. The van der Waals surface area contributed by atoms with Crippen molar-refractivity contribution in [1.82, 2.24) is 9.97 Å². The van der Waals surface area contributed by atoms with Crippen LogP contribution < -0.4 is 5.32 Å². The maximum absolute atomic E-state index is 4.51. The Kier molecular flexibility index (Phi) is 4.00. The Morgan fingerprint density at radius 1 is 1.16 bits per heavy atom. The van der Waals surface area contributed by atoms with E-state index in [1.165, 1.54) is 56.2 Å². The fourth-order valence-electron chi connectivity index (χ4n) is 3.75. The summed E-state index contributed by atoms with van der Waals surface area (Å²) < 4.78 is 0. The van der Waals surface area contributed by atoms with E-state index in [0.29, 0.717) is 6.04 Å². The van der Waals surface area contributed by atoms with Gasteiger partial charge in [0.25, 0.3) is 0 Å². The molecule has 0 aliphatic heterocycles. The maximum atomic E-state index is 4.51. The fourth-order valence-corrected chi connectivity index (χ4v) is 3.75. The van der Waals surface area contributed by atoms with Gasteiger partial charge in [-0.15, -0.1) is 0 Å². The molecule has 1 aromatic rings. The zero-order chi connectivity index (χ0) is 13.1. The largest absolute Gasteiger partial charge is 0.367 e. The minimum absolute atomic E-state index is 0.597. The van der Waals surface area contributed by atoms with E-state index in [4.69, 9.17) is 0 Å². The minimum Gasteiger partial charge on any atom is -0.367 e. The van der Waals surface area contributed by atoms with E-state index in [2.05, 4.69) is 22.2 Å². The first-order valence-corrected chi connectivity index (χ1v) is 7.97. The summed E-state index contributed by atoms with van der Waals surface area (Å²) in [5.74, 6) is 1.96. The van der Waals surface area contributed by atoms with Crippen LogP contribution in [0.5, 0.6) is 0 Å². The van der Waals surface area contributed by atoms with Crippen molar-refractivity contribution in [1.29, 1.82) is 0 Å². The second kappa shape index (κ2) is 5.89. The maximum Gasteiger partial charge on any atom is 0.133 e. The molecule has 0 bridgehead atoms. The fraction of sp³-hybridized carbons (Fsp3) is 0.750. The van der Waals surface area contributed by atoms with Crippen LogP contribution in [0.25, 0.3) is 0 Å². The molecule has 0 amide bonds. The normalized spacial score (nSPS) is 21.1. The average molecular weight is 259 g/mol. The molecule has 3 rings (SSSR count). The van der Waals surface area contributed by atoms with Gasteiger partial charge in [0.2, 0.25) is 0 Å². The molecular formula is C16H25N3. The highest BCUT2D eigenvalue weighted by molar-refractivity contribution is 5.48. The van der Waals surface area contributed by atoms with Crippen molar-refractivity contribution in [2.24, 2.45) is 5.92 Å². The lowest BCUT2D eigenvalue weighted by molar-refractivity contribution is 0.312. The van der Waals surface area contributed by atoms with Gasteiger partial charge in [0.05, 0.1) is 0 Å². The van der Waals surface area contributed by atoms with Crippen molar-refractivity contribution in [3.63, 3.8) is 0 Å². The van der Waals surface area contributed by atoms with Gasteiger partial charge >= 0.3 is 0 Å². The van der Waals surface area contributed by atoms with Crippen LogP contribution in [0.2, 0.25) is 0 Å². The van der Waals surface area contributed by atoms with E-state index in [9.17, 15) is 0 Å². The Balaban J connectivity index is 1.74. The summed E-state index contributed by atoms with van der Waals surface area (Å²) in [6.07, 6.45) is 13.5. The van der Waals surface area contributed by atoms with E-state index >= 15 is 0 Å². The second-order valence-corrected chi connectivity index (χ2v) is 6.06. The Hall–Kier alpha value is -1.12. The van der Waals surface area contributed by atoms with E-state index in [1.54, 1.807) is 6.33 Å². The number of anilines is 1. The minimum atomic E-state index is 0.597. The number of rotatable bonds is 4. The molecule has 1 fully saturated rings. The van der Waals surface area contributed by atoms with Crippen molar-refractivity contribution in [3.8, 4) is 0 Å². The summed E-state index contributed by atoms with van der Waals surface area (Å²) in [4.78, 5) is 8.93. The Bertz CT molecular complexity index is 424. The van der Waals surface area contributed by atoms with Gasteiger partial charge in [-0.2, -0.15) is 0 Å². The van der Waals surface area contributed by atoms with Crippen LogP contribution in [0.4, 0.5) is 5.82 Å². The summed E-state index contributed by atoms with van der Waals surface area (Å²) in [6.45, 7) is 2.30. The molecule has 1 saturated carbocycles. The second-order valence-electron chi connectivity index (χ2n) is 6.06. The van der Waals surface area contributed by atoms with Crippen molar-refractivity contribution in [3.05, 3.63) is 17.6 Å². The van der Waals surface area contributed by atoms with Crippen LogP contribution in [-0.2, 0) is 12.8 Å². The smallest absolute Gasteiger partial charge is 0.133 e. The number of hydrogen-bond donors (Lipinski definition) is 1. The average Bonchev–Trinajstić information content (AvgIpc) is 2.95. The molecule has 3 nitrogen and oxygen atoms in total. The Morgan fingerprint density at radius 3 is 2.79 bits per heavy atom. The highest BCUT2D eigenvalue weighted by Gasteiger charge is 2.24. The molecule has 3 heteroatoms. The van der Waals surface area contributed by atoms with Gasteiger partial charge in [-0.05, 0) is 44.4 Å². The summed E-state index contributed by atoms with van der Waals surface area (Å²) in [7, 11) is 0. The van der Waals surface area contributed by atoms with E-state index in [1.807, 2.05) is 0 Å². The summed E-state index contributed by atoms with van der Waals surface area (Å²) >= 11 is 0. The molecule has 0 aromatic carbocycles. The number of aryl methyl sites for hydroxylation is 1. The SMILES string of the molecule is CCC(Nc1ncnc2c1CCC2)C1CCCCC1. The van der Waals surface area contributed by atoms with Crippen LogP contribution in [0, 0.1) is 5.92 Å². The van der Waals surface area contributed by atoms with Gasteiger partial charge in [0.1, 0.15) is 12.1 Å². The molecule has 1 unspecified atom stereocenters. The first kappa shape index (κ1) is 12.9. The van der Waals surface area contributed by atoms with Crippen LogP contribution in [-0.4, -0.2) is 16.0 Å². The molecule has 0 spiro atoms. The molecule has 19 heavy (non-hydrogen) atoms. The van der Waals surface area contributed by atoms with Crippen LogP contribution in [0.1, 0.15) is 63.1 Å². The molecule has 0 saturated heterocycles. The summed E-state index contributed by atoms with van der Waals surface area (Å²) in [6, 6.07) is 0.597. The molecule has 2 aliphatic carbocycles. The van der Waals surface area contributed by atoms with Crippen LogP contribution >= 0.6 is 0 Å². The molecule has 1 atom stereocenters. The number of nitrogens with one attached hydrogen (secondary N) is 1.